The van der Waals surface area contributed by atoms with E-state index in [1.54, 1.807) is 12.3 Å². The molecular formula is C14H15FN2O. The van der Waals surface area contributed by atoms with Gasteiger partial charge in [-0.2, -0.15) is 0 Å². The van der Waals surface area contributed by atoms with Crippen molar-refractivity contribution in [1.82, 2.24) is 4.98 Å². The zero-order chi connectivity index (χ0) is 12.7. The molecule has 1 aliphatic rings. The first-order valence-corrected chi connectivity index (χ1v) is 6.21. The van der Waals surface area contributed by atoms with Gasteiger partial charge in [0.15, 0.2) is 0 Å². The van der Waals surface area contributed by atoms with Crippen LogP contribution >= 0.6 is 0 Å². The van der Waals surface area contributed by atoms with Crippen LogP contribution in [0.15, 0.2) is 24.4 Å². The molecular weight excluding hydrogens is 231 g/mol. The topological polar surface area (TPSA) is 58.9 Å². The summed E-state index contributed by atoms with van der Waals surface area (Å²) in [5.74, 6) is -0.334. The second-order valence-electron chi connectivity index (χ2n) is 5.07. The minimum Gasteiger partial charge on any atom is -0.369 e. The van der Waals surface area contributed by atoms with Crippen molar-refractivity contribution in [1.29, 1.82) is 0 Å². The summed E-state index contributed by atoms with van der Waals surface area (Å²) in [5.41, 5.74) is 7.15. The quantitative estimate of drug-likeness (QED) is 0.856. The van der Waals surface area contributed by atoms with Gasteiger partial charge < -0.3 is 10.7 Å². The minimum absolute atomic E-state index is 0.294. The highest BCUT2D eigenvalue weighted by Gasteiger charge is 2.30. The van der Waals surface area contributed by atoms with Crippen LogP contribution in [0, 0.1) is 11.7 Å². The number of rotatable bonds is 4. The highest BCUT2D eigenvalue weighted by molar-refractivity contribution is 5.91. The van der Waals surface area contributed by atoms with Crippen molar-refractivity contribution in [2.45, 2.75) is 25.2 Å². The Bertz CT molecular complexity index is 601. The Morgan fingerprint density at radius 1 is 1.50 bits per heavy atom. The van der Waals surface area contributed by atoms with Crippen LogP contribution in [0.5, 0.6) is 0 Å². The van der Waals surface area contributed by atoms with Gasteiger partial charge in [-0.3, -0.25) is 4.79 Å². The Labute approximate surface area is 104 Å². The van der Waals surface area contributed by atoms with Crippen molar-refractivity contribution in [3.05, 3.63) is 35.8 Å². The summed E-state index contributed by atoms with van der Waals surface area (Å²) < 4.78 is 13.3. The predicted octanol–water partition coefficient (Wildman–Crippen LogP) is 2.68. The molecule has 1 saturated carbocycles. The normalized spacial score (nSPS) is 16.9. The Morgan fingerprint density at radius 3 is 2.94 bits per heavy atom. The number of primary amides is 1. The van der Waals surface area contributed by atoms with Gasteiger partial charge in [0.1, 0.15) is 5.82 Å². The number of amides is 1. The standard InChI is InChI=1S/C14H15FN2O/c15-9-3-4-13-10(6-9)12(7-17-13)11(14(16)18)5-8-1-2-8/h3-4,6-8,11,17H,1-2,5H2,(H2,16,18). The van der Waals surface area contributed by atoms with Gasteiger partial charge >= 0.3 is 0 Å². The molecule has 94 valence electrons. The van der Waals surface area contributed by atoms with Crippen molar-refractivity contribution < 1.29 is 9.18 Å². The second kappa shape index (κ2) is 4.12. The van der Waals surface area contributed by atoms with E-state index in [-0.39, 0.29) is 17.6 Å². The number of carbonyl (C=O) groups excluding carboxylic acids is 1. The number of benzene rings is 1. The summed E-state index contributed by atoms with van der Waals surface area (Å²) >= 11 is 0. The monoisotopic (exact) mass is 246 g/mol. The van der Waals surface area contributed by atoms with Crippen molar-refractivity contribution in [2.24, 2.45) is 11.7 Å². The van der Waals surface area contributed by atoms with Gasteiger partial charge in [0.05, 0.1) is 5.92 Å². The summed E-state index contributed by atoms with van der Waals surface area (Å²) in [6, 6.07) is 4.55. The first kappa shape index (κ1) is 11.3. The van der Waals surface area contributed by atoms with E-state index in [1.165, 1.54) is 25.0 Å². The average molecular weight is 246 g/mol. The molecule has 1 fully saturated rings. The van der Waals surface area contributed by atoms with Gasteiger partial charge in [-0.05, 0) is 36.1 Å². The van der Waals surface area contributed by atoms with Crippen LogP contribution in [-0.2, 0) is 4.79 Å². The number of nitrogens with two attached hydrogens (primary N) is 1. The highest BCUT2D eigenvalue weighted by Crippen LogP contribution is 2.40. The van der Waals surface area contributed by atoms with Crippen molar-refractivity contribution >= 4 is 16.8 Å². The molecule has 0 saturated heterocycles. The number of fused-ring (bicyclic) bond motifs is 1. The number of hydrogen-bond acceptors (Lipinski definition) is 1. The number of aromatic amines is 1. The maximum Gasteiger partial charge on any atom is 0.225 e. The van der Waals surface area contributed by atoms with E-state index < -0.39 is 0 Å². The lowest BCUT2D eigenvalue weighted by Gasteiger charge is -2.11. The second-order valence-corrected chi connectivity index (χ2v) is 5.07. The molecule has 3 rings (SSSR count). The maximum absolute atomic E-state index is 13.3. The van der Waals surface area contributed by atoms with E-state index in [2.05, 4.69) is 4.98 Å². The molecule has 1 amide bonds. The van der Waals surface area contributed by atoms with Crippen LogP contribution in [0.2, 0.25) is 0 Å². The lowest BCUT2D eigenvalue weighted by atomic mass is 9.92. The minimum atomic E-state index is -0.327. The number of hydrogen-bond donors (Lipinski definition) is 2. The molecule has 3 nitrogen and oxygen atoms in total. The summed E-state index contributed by atoms with van der Waals surface area (Å²) in [6.07, 6.45) is 4.89. The van der Waals surface area contributed by atoms with Gasteiger partial charge in [0, 0.05) is 17.1 Å². The third kappa shape index (κ3) is 1.98. The van der Waals surface area contributed by atoms with Gasteiger partial charge in [0.2, 0.25) is 5.91 Å². The molecule has 3 N–H and O–H groups in total. The number of H-pyrrole nitrogens is 1. The van der Waals surface area contributed by atoms with Crippen molar-refractivity contribution in [3.8, 4) is 0 Å². The lowest BCUT2D eigenvalue weighted by Crippen LogP contribution is -2.21. The van der Waals surface area contributed by atoms with E-state index in [0.29, 0.717) is 5.92 Å². The Balaban J connectivity index is 2.04. The third-order valence-corrected chi connectivity index (χ3v) is 3.66. The van der Waals surface area contributed by atoms with Crippen LogP contribution in [-0.4, -0.2) is 10.9 Å². The zero-order valence-corrected chi connectivity index (χ0v) is 9.95. The number of aromatic nitrogens is 1. The summed E-state index contributed by atoms with van der Waals surface area (Å²) in [5, 5.41) is 0.763. The van der Waals surface area contributed by atoms with Crippen LogP contribution in [0.25, 0.3) is 10.9 Å². The van der Waals surface area contributed by atoms with Crippen LogP contribution in [0.4, 0.5) is 4.39 Å². The molecule has 1 aromatic heterocycles. The predicted molar refractivity (Wildman–Crippen MR) is 67.5 cm³/mol. The molecule has 1 aromatic carbocycles. The smallest absolute Gasteiger partial charge is 0.225 e. The number of nitrogens with one attached hydrogen (secondary N) is 1. The van der Waals surface area contributed by atoms with Crippen LogP contribution < -0.4 is 5.73 Å². The molecule has 0 spiro atoms. The fraction of sp³-hybridized carbons (Fsp3) is 0.357. The van der Waals surface area contributed by atoms with Gasteiger partial charge in [-0.1, -0.05) is 12.8 Å². The Kier molecular flexibility index (Phi) is 2.58. The lowest BCUT2D eigenvalue weighted by molar-refractivity contribution is -0.119. The molecule has 18 heavy (non-hydrogen) atoms. The van der Waals surface area contributed by atoms with Crippen molar-refractivity contribution in [3.63, 3.8) is 0 Å². The fourth-order valence-corrected chi connectivity index (χ4v) is 2.49. The van der Waals surface area contributed by atoms with E-state index in [9.17, 15) is 9.18 Å². The number of halogens is 1. The summed E-state index contributed by atoms with van der Waals surface area (Å²) in [4.78, 5) is 14.7. The van der Waals surface area contributed by atoms with E-state index in [0.717, 1.165) is 22.9 Å². The Morgan fingerprint density at radius 2 is 2.28 bits per heavy atom. The molecule has 0 bridgehead atoms. The first-order valence-electron chi connectivity index (χ1n) is 6.21. The third-order valence-electron chi connectivity index (χ3n) is 3.66. The van der Waals surface area contributed by atoms with Gasteiger partial charge in [0.25, 0.3) is 0 Å². The van der Waals surface area contributed by atoms with Gasteiger partial charge in [-0.15, -0.1) is 0 Å². The SMILES string of the molecule is NC(=O)C(CC1CC1)c1c[nH]c2ccc(F)cc12. The largest absolute Gasteiger partial charge is 0.369 e. The van der Waals surface area contributed by atoms with Crippen molar-refractivity contribution in [2.75, 3.05) is 0 Å². The van der Waals surface area contributed by atoms with Crippen LogP contribution in [0.3, 0.4) is 0 Å². The van der Waals surface area contributed by atoms with E-state index >= 15 is 0 Å². The molecule has 1 atom stereocenters. The Hall–Kier alpha value is -1.84. The average Bonchev–Trinajstić information content (AvgIpc) is 3.06. The summed E-state index contributed by atoms with van der Waals surface area (Å²) in [7, 11) is 0. The molecule has 4 heteroatoms. The molecule has 1 heterocycles. The number of carbonyl (C=O) groups is 1. The summed E-state index contributed by atoms with van der Waals surface area (Å²) in [6.45, 7) is 0. The molecule has 0 radical (unpaired) electrons. The molecule has 0 aliphatic heterocycles. The van der Waals surface area contributed by atoms with Crippen LogP contribution in [0.1, 0.15) is 30.7 Å². The molecule has 1 unspecified atom stereocenters. The first-order chi connectivity index (χ1) is 8.65. The van der Waals surface area contributed by atoms with E-state index in [4.69, 9.17) is 5.73 Å². The van der Waals surface area contributed by atoms with Gasteiger partial charge in [-0.25, -0.2) is 4.39 Å². The molecule has 1 aliphatic carbocycles. The fourth-order valence-electron chi connectivity index (χ4n) is 2.49. The zero-order valence-electron chi connectivity index (χ0n) is 9.95. The molecule has 2 aromatic rings. The maximum atomic E-state index is 13.3. The van der Waals surface area contributed by atoms with E-state index in [1.807, 2.05) is 0 Å². The highest BCUT2D eigenvalue weighted by atomic mass is 19.1.